The lowest BCUT2D eigenvalue weighted by atomic mass is 9.80. The van der Waals surface area contributed by atoms with Crippen LogP contribution in [-0.4, -0.2) is 70.7 Å². The van der Waals surface area contributed by atoms with Gasteiger partial charge in [-0.05, 0) is 23.1 Å². The van der Waals surface area contributed by atoms with Crippen molar-refractivity contribution in [3.8, 4) is 0 Å². The van der Waals surface area contributed by atoms with Gasteiger partial charge in [0.15, 0.2) is 6.10 Å². The van der Waals surface area contributed by atoms with Crippen LogP contribution >= 0.6 is 7.82 Å². The van der Waals surface area contributed by atoms with Gasteiger partial charge in [0.2, 0.25) is 0 Å². The van der Waals surface area contributed by atoms with Gasteiger partial charge in [-0.2, -0.15) is 0 Å². The Morgan fingerprint density at radius 2 is 1.13 bits per heavy atom. The molecule has 0 aliphatic heterocycles. The number of nitrogens with one attached hydrogen (secondary N) is 1. The predicted octanol–water partition coefficient (Wildman–Crippen LogP) is 9.00. The summed E-state index contributed by atoms with van der Waals surface area (Å²) in [7, 11) is 1.13. The van der Waals surface area contributed by atoms with Crippen molar-refractivity contribution >= 4 is 13.9 Å². The second-order valence-corrected chi connectivity index (χ2v) is 15.9. The highest BCUT2D eigenvalue weighted by Gasteiger charge is 2.38. The van der Waals surface area contributed by atoms with Gasteiger partial charge in [0, 0.05) is 6.54 Å². The lowest BCUT2D eigenvalue weighted by Crippen LogP contribution is -2.40. The van der Waals surface area contributed by atoms with Gasteiger partial charge >= 0.3 is 6.09 Å². The summed E-state index contributed by atoms with van der Waals surface area (Å²) in [6.45, 7) is 2.51. The summed E-state index contributed by atoms with van der Waals surface area (Å²) in [5.41, 5.74) is 1.49. The van der Waals surface area contributed by atoms with E-state index in [1.807, 2.05) is 112 Å². The van der Waals surface area contributed by atoms with Crippen molar-refractivity contribution in [1.29, 1.82) is 0 Å². The first-order valence-corrected chi connectivity index (χ1v) is 20.7. The highest BCUT2D eigenvalue weighted by Crippen LogP contribution is 2.41. The lowest BCUT2D eigenvalue weighted by Gasteiger charge is -2.37. The van der Waals surface area contributed by atoms with E-state index in [4.69, 9.17) is 18.5 Å². The van der Waals surface area contributed by atoms with Gasteiger partial charge in [-0.15, -0.1) is 0 Å². The molecule has 0 aliphatic carbocycles. The summed E-state index contributed by atoms with van der Waals surface area (Å²) in [5, 5.41) is 2.84. The second kappa shape index (κ2) is 23.6. The fraction of sp³-hybridized carbons (Fsp3) is 0.548. The summed E-state index contributed by atoms with van der Waals surface area (Å²) < 4.78 is 36.4. The van der Waals surface area contributed by atoms with Crippen LogP contribution in [0.25, 0.3) is 0 Å². The van der Waals surface area contributed by atoms with Crippen LogP contribution in [0.2, 0.25) is 0 Å². The van der Waals surface area contributed by atoms with E-state index >= 15 is 0 Å². The van der Waals surface area contributed by atoms with Crippen molar-refractivity contribution in [3.05, 3.63) is 108 Å². The molecule has 288 valence electrons. The number of carbonyl (C=O) groups is 1. The van der Waals surface area contributed by atoms with Gasteiger partial charge in [-0.25, -0.2) is 4.79 Å². The Hall–Kier alpha value is -3.04. The number of phosphoric ester groups is 1. The number of likely N-dealkylation sites (N-methyl/N-ethyl adjacent to an activating group) is 1. The zero-order valence-corrected chi connectivity index (χ0v) is 32.9. The molecular formula is C42H63N2O7P. The minimum atomic E-state index is -4.69. The molecule has 3 rings (SSSR count). The average molecular weight is 739 g/mol. The summed E-state index contributed by atoms with van der Waals surface area (Å²) in [4.78, 5) is 25.8. The van der Waals surface area contributed by atoms with E-state index in [1.165, 1.54) is 57.8 Å². The predicted molar refractivity (Wildman–Crippen MR) is 207 cm³/mol. The highest BCUT2D eigenvalue weighted by molar-refractivity contribution is 7.45. The molecule has 0 saturated carbocycles. The number of alkyl carbamates (subject to hydrolysis) is 1. The van der Waals surface area contributed by atoms with Crippen molar-refractivity contribution in [2.24, 2.45) is 0 Å². The molecule has 1 N–H and O–H groups in total. The first-order valence-electron chi connectivity index (χ1n) is 19.2. The van der Waals surface area contributed by atoms with Gasteiger partial charge in [0.25, 0.3) is 7.82 Å². The van der Waals surface area contributed by atoms with Crippen molar-refractivity contribution < 1.29 is 37.3 Å². The molecule has 1 amide bonds. The zero-order valence-electron chi connectivity index (χ0n) is 32.0. The molecule has 1 unspecified atom stereocenters. The number of ether oxygens (including phenoxy) is 2. The molecule has 2 atom stereocenters. The Morgan fingerprint density at radius 3 is 1.58 bits per heavy atom. The largest absolute Gasteiger partial charge is 0.756 e. The SMILES string of the molecule is CCCCCCCCCCCCCCNC(=O)O[C@H](COC(c1ccccc1)(c1ccccc1)c1ccccc1)COP(=O)([O-])OCC[N+](C)(C)C. The third-order valence-electron chi connectivity index (χ3n) is 9.03. The topological polar surface area (TPSA) is 106 Å². The van der Waals surface area contributed by atoms with Crippen LogP contribution in [0.1, 0.15) is 101 Å². The van der Waals surface area contributed by atoms with E-state index < -0.39 is 32.2 Å². The van der Waals surface area contributed by atoms with Crippen molar-refractivity contribution in [2.45, 2.75) is 95.7 Å². The molecular weight excluding hydrogens is 675 g/mol. The molecule has 0 bridgehead atoms. The second-order valence-electron chi connectivity index (χ2n) is 14.5. The number of benzene rings is 3. The minimum Gasteiger partial charge on any atom is -0.756 e. The van der Waals surface area contributed by atoms with Crippen LogP contribution in [0.15, 0.2) is 91.0 Å². The molecule has 52 heavy (non-hydrogen) atoms. The monoisotopic (exact) mass is 738 g/mol. The van der Waals surface area contributed by atoms with Crippen LogP contribution in [-0.2, 0) is 28.7 Å². The smallest absolute Gasteiger partial charge is 0.407 e. The van der Waals surface area contributed by atoms with Gasteiger partial charge < -0.3 is 33.2 Å². The first kappa shape index (κ1) is 43.4. The van der Waals surface area contributed by atoms with E-state index in [-0.39, 0.29) is 13.2 Å². The Bertz CT molecular complexity index is 1320. The van der Waals surface area contributed by atoms with Gasteiger partial charge in [-0.1, -0.05) is 169 Å². The van der Waals surface area contributed by atoms with Crippen molar-refractivity contribution in [2.75, 3.05) is 54.1 Å². The van der Waals surface area contributed by atoms with Crippen LogP contribution in [0.3, 0.4) is 0 Å². The zero-order chi connectivity index (χ0) is 37.5. The van der Waals surface area contributed by atoms with Gasteiger partial charge in [0.05, 0.1) is 34.4 Å². The first-order chi connectivity index (χ1) is 25.1. The van der Waals surface area contributed by atoms with E-state index in [1.54, 1.807) is 0 Å². The Kier molecular flexibility index (Phi) is 19.7. The lowest BCUT2D eigenvalue weighted by molar-refractivity contribution is -0.870. The summed E-state index contributed by atoms with van der Waals surface area (Å²) in [6, 6.07) is 29.4. The highest BCUT2D eigenvalue weighted by atomic mass is 31.2. The maximum absolute atomic E-state index is 13.1. The number of hydrogen-bond acceptors (Lipinski definition) is 7. The number of nitrogens with zero attached hydrogens (tertiary/aromatic N) is 1. The summed E-state index contributed by atoms with van der Waals surface area (Å²) in [6.07, 6.45) is 13.0. The van der Waals surface area contributed by atoms with Gasteiger partial charge in [0.1, 0.15) is 18.8 Å². The number of quaternary nitrogens is 1. The molecule has 0 radical (unpaired) electrons. The van der Waals surface area contributed by atoms with E-state index in [2.05, 4.69) is 12.2 Å². The molecule has 0 fully saturated rings. The summed E-state index contributed by atoms with van der Waals surface area (Å²) in [5.74, 6) is 0. The number of phosphoric acid groups is 1. The molecule has 10 heteroatoms. The van der Waals surface area contributed by atoms with Crippen molar-refractivity contribution in [1.82, 2.24) is 5.32 Å². The molecule has 0 aliphatic rings. The van der Waals surface area contributed by atoms with Crippen molar-refractivity contribution in [3.63, 3.8) is 0 Å². The van der Waals surface area contributed by atoms with E-state index in [0.717, 1.165) is 36.0 Å². The summed E-state index contributed by atoms with van der Waals surface area (Å²) >= 11 is 0. The van der Waals surface area contributed by atoms with E-state index in [9.17, 15) is 14.3 Å². The van der Waals surface area contributed by atoms with Crippen LogP contribution in [0.4, 0.5) is 4.79 Å². The van der Waals surface area contributed by atoms with Crippen LogP contribution < -0.4 is 10.2 Å². The number of hydrogen-bond donors (Lipinski definition) is 1. The minimum absolute atomic E-state index is 0.0367. The number of carbonyl (C=O) groups excluding carboxylic acids is 1. The molecule has 0 spiro atoms. The molecule has 3 aromatic carbocycles. The third kappa shape index (κ3) is 16.3. The van der Waals surface area contributed by atoms with Gasteiger partial charge in [-0.3, -0.25) is 4.57 Å². The molecule has 0 saturated heterocycles. The number of unbranched alkanes of at least 4 members (excludes halogenated alkanes) is 11. The molecule has 3 aromatic rings. The van der Waals surface area contributed by atoms with Crippen LogP contribution in [0.5, 0.6) is 0 Å². The number of rotatable bonds is 27. The fourth-order valence-electron chi connectivity index (χ4n) is 6.09. The molecule has 9 nitrogen and oxygen atoms in total. The Labute approximate surface area is 313 Å². The molecule has 0 heterocycles. The molecule has 0 aromatic heterocycles. The van der Waals surface area contributed by atoms with E-state index in [0.29, 0.717) is 17.6 Å². The normalized spacial score (nSPS) is 13.7. The van der Waals surface area contributed by atoms with Crippen LogP contribution in [0, 0.1) is 0 Å². The standard InChI is InChI=1S/C42H63N2O7P/c1-5-6-7-8-9-10-11-12-13-14-15-25-32-43-41(45)51-40(36-50-52(46,47)49-34-33-44(2,3)4)35-48-42(37-26-19-16-20-27-37,38-28-21-17-22-29-38)39-30-23-18-24-31-39/h16-24,26-31,40H,5-15,25,32-36H2,1-4H3,(H-,43,45,46,47)/t40-/m1/s1. The Morgan fingerprint density at radius 1 is 0.692 bits per heavy atom. The number of amides is 1. The average Bonchev–Trinajstić information content (AvgIpc) is 3.13. The third-order valence-corrected chi connectivity index (χ3v) is 9.99. The quantitative estimate of drug-likeness (QED) is 0.0360. The maximum Gasteiger partial charge on any atom is 0.407 e. The Balaban J connectivity index is 1.66. The fourth-order valence-corrected chi connectivity index (χ4v) is 6.82. The maximum atomic E-state index is 13.1.